The fraction of sp³-hybridized carbons (Fsp3) is 0.429. The second-order valence-corrected chi connectivity index (χ2v) is 4.89. The molecule has 1 unspecified atom stereocenters. The van der Waals surface area contributed by atoms with E-state index in [2.05, 4.69) is 4.98 Å². The molecule has 0 saturated heterocycles. The second kappa shape index (κ2) is 5.40. The van der Waals surface area contributed by atoms with Gasteiger partial charge in [0, 0.05) is 0 Å². The zero-order valence-corrected chi connectivity index (χ0v) is 11.5. The van der Waals surface area contributed by atoms with Crippen molar-refractivity contribution in [2.45, 2.75) is 25.9 Å². The van der Waals surface area contributed by atoms with Gasteiger partial charge >= 0.3 is 5.97 Å². The maximum absolute atomic E-state index is 11.4. The predicted octanol–water partition coefficient (Wildman–Crippen LogP) is 2.13. The largest absolute Gasteiger partial charge is 0.480 e. The number of para-hydroxylation sites is 2. The molecule has 0 bridgehead atoms. The molecule has 19 heavy (non-hydrogen) atoms. The maximum atomic E-state index is 11.4. The number of aliphatic carboxylic acids is 1. The molecular weight excluding hydrogens is 242 g/mol. The van der Waals surface area contributed by atoms with Gasteiger partial charge in [-0.3, -0.25) is 0 Å². The zero-order chi connectivity index (χ0) is 14.0. The monoisotopic (exact) mass is 261 g/mol. The molecule has 1 atom stereocenters. The fourth-order valence-electron chi connectivity index (χ4n) is 2.30. The SMILES string of the molecule is CCC(C(=O)O)n1c(CN(C)C)nc2ccccc21. The summed E-state index contributed by atoms with van der Waals surface area (Å²) in [5, 5.41) is 9.40. The lowest BCUT2D eigenvalue weighted by Crippen LogP contribution is -2.23. The van der Waals surface area contributed by atoms with Gasteiger partial charge in [-0.2, -0.15) is 0 Å². The number of carboxylic acids is 1. The molecule has 0 fully saturated rings. The Morgan fingerprint density at radius 1 is 1.42 bits per heavy atom. The van der Waals surface area contributed by atoms with Crippen molar-refractivity contribution in [2.24, 2.45) is 0 Å². The summed E-state index contributed by atoms with van der Waals surface area (Å²) in [5.41, 5.74) is 1.73. The van der Waals surface area contributed by atoms with Gasteiger partial charge in [0.1, 0.15) is 11.9 Å². The molecule has 0 aliphatic rings. The van der Waals surface area contributed by atoms with Crippen LogP contribution in [0, 0.1) is 0 Å². The van der Waals surface area contributed by atoms with Gasteiger partial charge in [-0.15, -0.1) is 0 Å². The van der Waals surface area contributed by atoms with Crippen molar-refractivity contribution in [1.82, 2.24) is 14.5 Å². The third kappa shape index (κ3) is 2.61. The molecule has 102 valence electrons. The minimum Gasteiger partial charge on any atom is -0.480 e. The van der Waals surface area contributed by atoms with Crippen LogP contribution in [-0.2, 0) is 11.3 Å². The number of nitrogens with zero attached hydrogens (tertiary/aromatic N) is 3. The van der Waals surface area contributed by atoms with Gasteiger partial charge in [-0.05, 0) is 32.6 Å². The molecule has 1 aromatic carbocycles. The van der Waals surface area contributed by atoms with Gasteiger partial charge in [-0.1, -0.05) is 19.1 Å². The van der Waals surface area contributed by atoms with Gasteiger partial charge in [0.25, 0.3) is 0 Å². The smallest absolute Gasteiger partial charge is 0.326 e. The van der Waals surface area contributed by atoms with E-state index in [-0.39, 0.29) is 0 Å². The van der Waals surface area contributed by atoms with Gasteiger partial charge in [0.15, 0.2) is 0 Å². The third-order valence-corrected chi connectivity index (χ3v) is 3.11. The van der Waals surface area contributed by atoms with Crippen LogP contribution in [0.4, 0.5) is 0 Å². The minimum atomic E-state index is -0.814. The van der Waals surface area contributed by atoms with Crippen molar-refractivity contribution in [3.8, 4) is 0 Å². The van der Waals surface area contributed by atoms with Gasteiger partial charge in [-0.25, -0.2) is 9.78 Å². The summed E-state index contributed by atoms with van der Waals surface area (Å²) < 4.78 is 1.84. The van der Waals surface area contributed by atoms with E-state index in [9.17, 15) is 9.90 Å². The van der Waals surface area contributed by atoms with Crippen LogP contribution in [0.15, 0.2) is 24.3 Å². The van der Waals surface area contributed by atoms with Crippen molar-refractivity contribution in [3.63, 3.8) is 0 Å². The zero-order valence-electron chi connectivity index (χ0n) is 11.5. The van der Waals surface area contributed by atoms with Crippen LogP contribution in [0.1, 0.15) is 25.2 Å². The first kappa shape index (κ1) is 13.5. The summed E-state index contributed by atoms with van der Waals surface area (Å²) in [7, 11) is 3.90. The van der Waals surface area contributed by atoms with Crippen molar-refractivity contribution < 1.29 is 9.90 Å². The lowest BCUT2D eigenvalue weighted by molar-refractivity contribution is -0.141. The first-order valence-electron chi connectivity index (χ1n) is 6.38. The minimum absolute atomic E-state index is 0.538. The van der Waals surface area contributed by atoms with E-state index < -0.39 is 12.0 Å². The van der Waals surface area contributed by atoms with Crippen LogP contribution in [0.2, 0.25) is 0 Å². The Balaban J connectivity index is 2.62. The molecule has 0 radical (unpaired) electrons. The van der Waals surface area contributed by atoms with Crippen LogP contribution in [0.5, 0.6) is 0 Å². The van der Waals surface area contributed by atoms with Gasteiger partial charge in [0.2, 0.25) is 0 Å². The van der Waals surface area contributed by atoms with Crippen molar-refractivity contribution in [3.05, 3.63) is 30.1 Å². The van der Waals surface area contributed by atoms with E-state index in [1.165, 1.54) is 0 Å². The number of aromatic nitrogens is 2. The molecule has 2 rings (SSSR count). The van der Waals surface area contributed by atoms with Crippen molar-refractivity contribution in [2.75, 3.05) is 14.1 Å². The van der Waals surface area contributed by atoms with Crippen LogP contribution in [0.3, 0.4) is 0 Å². The standard InChI is InChI=1S/C14H19N3O2/c1-4-11(14(18)19)17-12-8-6-5-7-10(12)15-13(17)9-16(2)3/h5-8,11H,4,9H2,1-3H3,(H,18,19). The van der Waals surface area contributed by atoms with E-state index in [1.54, 1.807) is 0 Å². The Morgan fingerprint density at radius 2 is 2.11 bits per heavy atom. The molecule has 5 heteroatoms. The van der Waals surface area contributed by atoms with Crippen molar-refractivity contribution in [1.29, 1.82) is 0 Å². The highest BCUT2D eigenvalue weighted by atomic mass is 16.4. The third-order valence-electron chi connectivity index (χ3n) is 3.11. The Hall–Kier alpha value is -1.88. The van der Waals surface area contributed by atoms with Crippen LogP contribution in [0.25, 0.3) is 11.0 Å². The lowest BCUT2D eigenvalue weighted by atomic mass is 10.2. The van der Waals surface area contributed by atoms with Crippen molar-refractivity contribution >= 4 is 17.0 Å². The Bertz CT molecular complexity index is 589. The Morgan fingerprint density at radius 3 is 2.68 bits per heavy atom. The number of fused-ring (bicyclic) bond motifs is 1. The molecule has 1 heterocycles. The molecular formula is C14H19N3O2. The molecule has 2 aromatic rings. The number of carboxylic acid groups (broad SMARTS) is 1. The number of hydrogen-bond donors (Lipinski definition) is 1. The highest BCUT2D eigenvalue weighted by Crippen LogP contribution is 2.24. The molecule has 1 N–H and O–H groups in total. The molecule has 1 aromatic heterocycles. The maximum Gasteiger partial charge on any atom is 0.326 e. The summed E-state index contributed by atoms with van der Waals surface area (Å²) in [6, 6.07) is 7.10. The van der Waals surface area contributed by atoms with Gasteiger partial charge < -0.3 is 14.6 Å². The Kier molecular flexibility index (Phi) is 3.85. The van der Waals surface area contributed by atoms with E-state index in [4.69, 9.17) is 0 Å². The first-order chi connectivity index (χ1) is 9.04. The number of hydrogen-bond acceptors (Lipinski definition) is 3. The topological polar surface area (TPSA) is 58.4 Å². The van der Waals surface area contributed by atoms with Gasteiger partial charge in [0.05, 0.1) is 17.6 Å². The van der Waals surface area contributed by atoms with E-state index >= 15 is 0 Å². The molecule has 0 spiro atoms. The average molecular weight is 261 g/mol. The average Bonchev–Trinajstić information content (AvgIpc) is 2.68. The summed E-state index contributed by atoms with van der Waals surface area (Å²) in [6.07, 6.45) is 0.538. The second-order valence-electron chi connectivity index (χ2n) is 4.89. The summed E-state index contributed by atoms with van der Waals surface area (Å²) in [6.45, 7) is 2.51. The predicted molar refractivity (Wildman–Crippen MR) is 74.1 cm³/mol. The normalized spacial score (nSPS) is 13.1. The van der Waals surface area contributed by atoms with E-state index in [0.29, 0.717) is 13.0 Å². The number of carbonyl (C=O) groups is 1. The molecule has 5 nitrogen and oxygen atoms in total. The summed E-state index contributed by atoms with van der Waals surface area (Å²) in [5.74, 6) is -0.0221. The van der Waals surface area contributed by atoms with Crippen LogP contribution < -0.4 is 0 Å². The first-order valence-corrected chi connectivity index (χ1v) is 6.38. The number of rotatable bonds is 5. The molecule has 0 aliphatic carbocycles. The molecule has 0 amide bonds. The van der Waals surface area contributed by atoms with Crippen LogP contribution in [-0.4, -0.2) is 39.6 Å². The fourth-order valence-corrected chi connectivity index (χ4v) is 2.30. The summed E-state index contributed by atoms with van der Waals surface area (Å²) in [4.78, 5) is 18.0. The highest BCUT2D eigenvalue weighted by Gasteiger charge is 2.23. The number of imidazole rings is 1. The quantitative estimate of drug-likeness (QED) is 0.895. The Labute approximate surface area is 112 Å². The van der Waals surface area contributed by atoms with E-state index in [0.717, 1.165) is 16.9 Å². The number of benzene rings is 1. The lowest BCUT2D eigenvalue weighted by Gasteiger charge is -2.18. The van der Waals surface area contributed by atoms with Crippen LogP contribution >= 0.6 is 0 Å². The summed E-state index contributed by atoms with van der Waals surface area (Å²) >= 11 is 0. The highest BCUT2D eigenvalue weighted by molar-refractivity contribution is 5.80. The molecule has 0 saturated carbocycles. The molecule has 0 aliphatic heterocycles. The van der Waals surface area contributed by atoms with E-state index in [1.807, 2.05) is 54.8 Å².